The predicted octanol–water partition coefficient (Wildman–Crippen LogP) is 1.14. The van der Waals surface area contributed by atoms with Gasteiger partial charge in [-0.25, -0.2) is 4.79 Å². The molecule has 0 aliphatic rings. The summed E-state index contributed by atoms with van der Waals surface area (Å²) in [7, 11) is 0. The first-order valence-corrected chi connectivity index (χ1v) is 3.82. The number of allylic oxidation sites excluding steroid dienone is 2. The fraction of sp³-hybridized carbons (Fsp3) is 0.333. The fourth-order valence-electron chi connectivity index (χ4n) is 0.556. The van der Waals surface area contributed by atoms with Crippen molar-refractivity contribution < 1.29 is 19.4 Å². The Hall–Kier alpha value is -1.58. The first-order chi connectivity index (χ1) is 6.06. The highest BCUT2D eigenvalue weighted by Crippen LogP contribution is 1.93. The summed E-state index contributed by atoms with van der Waals surface area (Å²) in [6, 6.07) is 0. The van der Waals surface area contributed by atoms with Gasteiger partial charge in [-0.2, -0.15) is 0 Å². The molecule has 1 N–H and O–H groups in total. The van der Waals surface area contributed by atoms with Gasteiger partial charge < -0.3 is 9.84 Å². The number of ketones is 1. The Morgan fingerprint density at radius 2 is 2.00 bits per heavy atom. The molecule has 0 amide bonds. The molecule has 0 aliphatic carbocycles. The molecular weight excluding hydrogens is 172 g/mol. The number of hydrogen-bond donors (Lipinski definition) is 1. The van der Waals surface area contributed by atoms with Crippen LogP contribution in [0.2, 0.25) is 0 Å². The first-order valence-electron chi connectivity index (χ1n) is 3.82. The van der Waals surface area contributed by atoms with Gasteiger partial charge in [0.2, 0.25) is 0 Å². The normalized spacial score (nSPS) is 11.7. The summed E-state index contributed by atoms with van der Waals surface area (Å²) in [6.07, 6.45) is 3.20. The number of hydrogen-bond acceptors (Lipinski definition) is 4. The number of carbonyl (C=O) groups excluding carboxylic acids is 2. The summed E-state index contributed by atoms with van der Waals surface area (Å²) in [5.41, 5.74) is 0. The average molecular weight is 184 g/mol. The summed E-state index contributed by atoms with van der Waals surface area (Å²) in [4.78, 5) is 21.1. The lowest BCUT2D eigenvalue weighted by Crippen LogP contribution is -2.00. The van der Waals surface area contributed by atoms with Crippen LogP contribution in [0.4, 0.5) is 0 Å². The highest BCUT2D eigenvalue weighted by atomic mass is 16.5. The van der Waals surface area contributed by atoms with Crippen molar-refractivity contribution in [1.82, 2.24) is 0 Å². The zero-order valence-corrected chi connectivity index (χ0v) is 7.61. The SMILES string of the molecule is CCOC(=O)/C=C(O)/C=C/C(C)=O. The molecule has 0 spiro atoms. The van der Waals surface area contributed by atoms with Gasteiger partial charge in [-0.3, -0.25) is 4.79 Å². The minimum Gasteiger partial charge on any atom is -0.508 e. The van der Waals surface area contributed by atoms with Crippen LogP contribution in [0.25, 0.3) is 0 Å². The van der Waals surface area contributed by atoms with Crippen molar-refractivity contribution in [2.45, 2.75) is 13.8 Å². The second kappa shape index (κ2) is 5.99. The van der Waals surface area contributed by atoms with E-state index in [1.54, 1.807) is 6.92 Å². The number of aliphatic hydroxyl groups is 1. The third-order valence-corrected chi connectivity index (χ3v) is 1.04. The van der Waals surface area contributed by atoms with E-state index in [0.29, 0.717) is 0 Å². The van der Waals surface area contributed by atoms with Gasteiger partial charge in [0.1, 0.15) is 5.76 Å². The lowest BCUT2D eigenvalue weighted by molar-refractivity contribution is -0.137. The van der Waals surface area contributed by atoms with E-state index in [0.717, 1.165) is 18.2 Å². The maximum absolute atomic E-state index is 10.7. The maximum atomic E-state index is 10.7. The molecule has 0 unspecified atom stereocenters. The van der Waals surface area contributed by atoms with E-state index in [2.05, 4.69) is 4.74 Å². The zero-order chi connectivity index (χ0) is 10.3. The van der Waals surface area contributed by atoms with Gasteiger partial charge in [-0.05, 0) is 26.0 Å². The van der Waals surface area contributed by atoms with Gasteiger partial charge in [-0.15, -0.1) is 0 Å². The van der Waals surface area contributed by atoms with E-state index >= 15 is 0 Å². The van der Waals surface area contributed by atoms with Crippen LogP contribution in [0, 0.1) is 0 Å². The molecule has 4 heteroatoms. The second-order valence-corrected chi connectivity index (χ2v) is 2.27. The zero-order valence-electron chi connectivity index (χ0n) is 7.61. The number of esters is 1. The van der Waals surface area contributed by atoms with E-state index in [9.17, 15) is 9.59 Å². The van der Waals surface area contributed by atoms with Crippen molar-refractivity contribution in [2.24, 2.45) is 0 Å². The van der Waals surface area contributed by atoms with Crippen molar-refractivity contribution in [2.75, 3.05) is 6.61 Å². The van der Waals surface area contributed by atoms with Crippen LogP contribution in [-0.4, -0.2) is 23.5 Å². The van der Waals surface area contributed by atoms with Crippen molar-refractivity contribution in [3.8, 4) is 0 Å². The van der Waals surface area contributed by atoms with Gasteiger partial charge >= 0.3 is 5.97 Å². The Kier molecular flexibility index (Phi) is 5.27. The highest BCUT2D eigenvalue weighted by Gasteiger charge is 1.97. The smallest absolute Gasteiger partial charge is 0.334 e. The molecule has 0 aromatic rings. The number of ether oxygens (including phenoxy) is 1. The Bertz CT molecular complexity index is 250. The molecule has 72 valence electrons. The Labute approximate surface area is 76.5 Å². The van der Waals surface area contributed by atoms with Crippen molar-refractivity contribution in [3.63, 3.8) is 0 Å². The predicted molar refractivity (Wildman–Crippen MR) is 47.2 cm³/mol. The van der Waals surface area contributed by atoms with Crippen molar-refractivity contribution in [1.29, 1.82) is 0 Å². The number of aliphatic hydroxyl groups excluding tert-OH is 1. The van der Waals surface area contributed by atoms with E-state index in [1.165, 1.54) is 6.92 Å². The summed E-state index contributed by atoms with van der Waals surface area (Å²) >= 11 is 0. The second-order valence-electron chi connectivity index (χ2n) is 2.27. The minimum atomic E-state index is -0.631. The van der Waals surface area contributed by atoms with Gasteiger partial charge in [0, 0.05) is 0 Å². The molecule has 0 rings (SSSR count). The standard InChI is InChI=1S/C9H12O4/c1-3-13-9(12)6-8(11)5-4-7(2)10/h4-6,11H,3H2,1-2H3/b5-4+,8-6-. The first kappa shape index (κ1) is 11.4. The van der Waals surface area contributed by atoms with E-state index in [4.69, 9.17) is 5.11 Å². The van der Waals surface area contributed by atoms with Crippen LogP contribution >= 0.6 is 0 Å². The van der Waals surface area contributed by atoms with E-state index in [1.807, 2.05) is 0 Å². The minimum absolute atomic E-state index is 0.205. The Morgan fingerprint density at radius 1 is 1.38 bits per heavy atom. The van der Waals surface area contributed by atoms with Gasteiger partial charge in [0.15, 0.2) is 5.78 Å². The molecule has 0 saturated carbocycles. The fourth-order valence-corrected chi connectivity index (χ4v) is 0.556. The average Bonchev–Trinajstić information content (AvgIpc) is 2.01. The van der Waals surface area contributed by atoms with E-state index < -0.39 is 5.97 Å². The topological polar surface area (TPSA) is 63.6 Å². The Balaban J connectivity index is 4.16. The van der Waals surface area contributed by atoms with Crippen LogP contribution in [0.15, 0.2) is 24.0 Å². The molecule has 4 nitrogen and oxygen atoms in total. The maximum Gasteiger partial charge on any atom is 0.334 e. The van der Waals surface area contributed by atoms with Crippen LogP contribution < -0.4 is 0 Å². The van der Waals surface area contributed by atoms with Crippen LogP contribution in [0.5, 0.6) is 0 Å². The quantitative estimate of drug-likeness (QED) is 0.308. The third-order valence-electron chi connectivity index (χ3n) is 1.04. The monoisotopic (exact) mass is 184 g/mol. The molecule has 0 fully saturated rings. The third kappa shape index (κ3) is 6.80. The number of rotatable bonds is 4. The summed E-state index contributed by atoms with van der Waals surface area (Å²) in [6.45, 7) is 3.25. The van der Waals surface area contributed by atoms with Crippen LogP contribution in [0.1, 0.15) is 13.8 Å². The van der Waals surface area contributed by atoms with Gasteiger partial charge in [0.05, 0.1) is 12.7 Å². The number of carbonyl (C=O) groups is 2. The van der Waals surface area contributed by atoms with Crippen LogP contribution in [0.3, 0.4) is 0 Å². The molecule has 0 radical (unpaired) electrons. The van der Waals surface area contributed by atoms with Crippen LogP contribution in [-0.2, 0) is 14.3 Å². The molecule has 0 aromatic carbocycles. The van der Waals surface area contributed by atoms with Crippen molar-refractivity contribution in [3.05, 3.63) is 24.0 Å². The largest absolute Gasteiger partial charge is 0.508 e. The molecular formula is C9H12O4. The molecule has 0 aromatic heterocycles. The molecule has 13 heavy (non-hydrogen) atoms. The van der Waals surface area contributed by atoms with Gasteiger partial charge in [0.25, 0.3) is 0 Å². The molecule has 0 heterocycles. The molecule has 0 aliphatic heterocycles. The molecule has 0 bridgehead atoms. The summed E-state index contributed by atoms with van der Waals surface area (Å²) in [5, 5.41) is 9.02. The van der Waals surface area contributed by atoms with E-state index in [-0.39, 0.29) is 18.1 Å². The lowest BCUT2D eigenvalue weighted by Gasteiger charge is -1.94. The Morgan fingerprint density at radius 3 is 2.46 bits per heavy atom. The lowest BCUT2D eigenvalue weighted by atomic mass is 10.3. The van der Waals surface area contributed by atoms with Gasteiger partial charge in [-0.1, -0.05) is 0 Å². The molecule has 0 atom stereocenters. The summed E-state index contributed by atoms with van der Waals surface area (Å²) in [5.74, 6) is -1.13. The summed E-state index contributed by atoms with van der Waals surface area (Å²) < 4.78 is 4.53. The van der Waals surface area contributed by atoms with Crippen molar-refractivity contribution >= 4 is 11.8 Å². The molecule has 0 saturated heterocycles. The highest BCUT2D eigenvalue weighted by molar-refractivity contribution is 5.88.